The van der Waals surface area contributed by atoms with Gasteiger partial charge in [0.25, 0.3) is 0 Å². The van der Waals surface area contributed by atoms with Crippen LogP contribution in [0.15, 0.2) is 78.9 Å². The van der Waals surface area contributed by atoms with Crippen molar-refractivity contribution in [2.75, 3.05) is 25.7 Å². The van der Waals surface area contributed by atoms with E-state index in [0.717, 1.165) is 11.3 Å². The molecule has 3 aromatic carbocycles. The number of nitrogens with zero attached hydrogens (tertiary/aromatic N) is 1. The van der Waals surface area contributed by atoms with Gasteiger partial charge in [-0.3, -0.25) is 4.79 Å². The van der Waals surface area contributed by atoms with Gasteiger partial charge in [0.05, 0.1) is 23.7 Å². The number of methoxy groups -OCH3 is 2. The molecule has 1 aliphatic carbocycles. The molecule has 6 heteroatoms. The van der Waals surface area contributed by atoms with Crippen molar-refractivity contribution in [1.29, 1.82) is 0 Å². The molecule has 36 heavy (non-hydrogen) atoms. The van der Waals surface area contributed by atoms with Crippen LogP contribution in [0.2, 0.25) is 5.02 Å². The molecule has 0 bridgehead atoms. The number of anilines is 1. The Morgan fingerprint density at radius 3 is 1.94 bits per heavy atom. The zero-order valence-corrected chi connectivity index (χ0v) is 22.0. The van der Waals surface area contributed by atoms with E-state index in [1.807, 2.05) is 55.5 Å². The smallest absolute Gasteiger partial charge is 0.306 e. The van der Waals surface area contributed by atoms with E-state index in [9.17, 15) is 4.79 Å². The van der Waals surface area contributed by atoms with Gasteiger partial charge in [0, 0.05) is 45.6 Å². The van der Waals surface area contributed by atoms with Crippen LogP contribution in [0, 0.1) is 0 Å². The molecule has 0 heterocycles. The highest BCUT2D eigenvalue weighted by Crippen LogP contribution is 2.55. The van der Waals surface area contributed by atoms with Crippen LogP contribution in [-0.2, 0) is 37.5 Å². The third-order valence-corrected chi connectivity index (χ3v) is 7.40. The standard InChI is InChI=1S/C30H34ClNO4/c1-4-36-28(33)18-29(21-30(22-29,34-2)35-3)25-15-16-26(31)27(17-25)32(19-23-11-7-5-8-12-23)20-24-13-9-6-10-14-24/h5-17H,4,18-22H2,1-3H3. The number of ether oxygens (including phenoxy) is 3. The SMILES string of the molecule is CCOC(=O)CC1(c2ccc(Cl)c(N(Cc3ccccc3)Cc3ccccc3)c2)CC(OC)(OC)C1. The number of halogens is 1. The molecule has 0 spiro atoms. The molecule has 0 saturated heterocycles. The van der Waals surface area contributed by atoms with Gasteiger partial charge in [-0.2, -0.15) is 0 Å². The summed E-state index contributed by atoms with van der Waals surface area (Å²) in [4.78, 5) is 14.9. The molecule has 0 atom stereocenters. The van der Waals surface area contributed by atoms with Gasteiger partial charge in [-0.05, 0) is 35.7 Å². The summed E-state index contributed by atoms with van der Waals surface area (Å²) in [6, 6.07) is 26.8. The fraction of sp³-hybridized carbons (Fsp3) is 0.367. The summed E-state index contributed by atoms with van der Waals surface area (Å²) in [5.74, 6) is -0.930. The van der Waals surface area contributed by atoms with E-state index in [1.165, 1.54) is 11.1 Å². The predicted octanol–water partition coefficient (Wildman–Crippen LogP) is 6.52. The largest absolute Gasteiger partial charge is 0.466 e. The summed E-state index contributed by atoms with van der Waals surface area (Å²) < 4.78 is 16.7. The number of benzene rings is 3. The molecular weight excluding hydrogens is 474 g/mol. The fourth-order valence-corrected chi connectivity index (χ4v) is 5.43. The molecule has 0 aliphatic heterocycles. The monoisotopic (exact) mass is 507 g/mol. The predicted molar refractivity (Wildman–Crippen MR) is 143 cm³/mol. The second-order valence-corrected chi connectivity index (χ2v) is 9.84. The van der Waals surface area contributed by atoms with Gasteiger partial charge in [0.15, 0.2) is 5.79 Å². The number of carbonyl (C=O) groups is 1. The van der Waals surface area contributed by atoms with E-state index in [2.05, 4.69) is 35.2 Å². The van der Waals surface area contributed by atoms with Crippen molar-refractivity contribution < 1.29 is 19.0 Å². The van der Waals surface area contributed by atoms with Gasteiger partial charge in [0.2, 0.25) is 0 Å². The molecule has 5 nitrogen and oxygen atoms in total. The number of carbonyl (C=O) groups excluding carboxylic acids is 1. The average Bonchev–Trinajstić information content (AvgIpc) is 2.87. The molecule has 190 valence electrons. The van der Waals surface area contributed by atoms with Crippen LogP contribution in [0.4, 0.5) is 5.69 Å². The summed E-state index contributed by atoms with van der Waals surface area (Å²) in [6.45, 7) is 3.57. The fourth-order valence-electron chi connectivity index (χ4n) is 5.19. The van der Waals surface area contributed by atoms with E-state index in [1.54, 1.807) is 14.2 Å². The number of esters is 1. The highest BCUT2D eigenvalue weighted by Gasteiger charge is 2.57. The van der Waals surface area contributed by atoms with E-state index in [4.69, 9.17) is 25.8 Å². The third-order valence-electron chi connectivity index (χ3n) is 7.08. The van der Waals surface area contributed by atoms with Crippen molar-refractivity contribution in [3.05, 3.63) is 101 Å². The molecule has 0 N–H and O–H groups in total. The van der Waals surface area contributed by atoms with Gasteiger partial charge < -0.3 is 19.1 Å². The molecule has 0 unspecified atom stereocenters. The first-order valence-corrected chi connectivity index (χ1v) is 12.7. The Balaban J connectivity index is 1.72. The van der Waals surface area contributed by atoms with Crippen molar-refractivity contribution in [2.24, 2.45) is 0 Å². The van der Waals surface area contributed by atoms with Gasteiger partial charge in [0.1, 0.15) is 0 Å². The Morgan fingerprint density at radius 1 is 0.889 bits per heavy atom. The lowest BCUT2D eigenvalue weighted by atomic mass is 9.58. The minimum Gasteiger partial charge on any atom is -0.466 e. The first-order chi connectivity index (χ1) is 17.4. The molecule has 0 amide bonds. The summed E-state index contributed by atoms with van der Waals surface area (Å²) in [5, 5.41) is 0.668. The topological polar surface area (TPSA) is 48.0 Å². The first-order valence-electron chi connectivity index (χ1n) is 12.3. The van der Waals surface area contributed by atoms with E-state index in [-0.39, 0.29) is 12.4 Å². The molecule has 3 aromatic rings. The van der Waals surface area contributed by atoms with Crippen LogP contribution in [-0.4, -0.2) is 32.6 Å². The Bertz CT molecular complexity index is 1100. The number of hydrogen-bond donors (Lipinski definition) is 0. The van der Waals surface area contributed by atoms with Crippen LogP contribution < -0.4 is 4.90 Å². The van der Waals surface area contributed by atoms with Gasteiger partial charge in [-0.15, -0.1) is 0 Å². The van der Waals surface area contributed by atoms with Crippen LogP contribution in [0.3, 0.4) is 0 Å². The molecule has 0 radical (unpaired) electrons. The van der Waals surface area contributed by atoms with E-state index < -0.39 is 11.2 Å². The maximum atomic E-state index is 12.6. The number of rotatable bonds is 11. The zero-order valence-electron chi connectivity index (χ0n) is 21.2. The molecular formula is C30H34ClNO4. The Labute approximate surface area is 218 Å². The third kappa shape index (κ3) is 5.75. The van der Waals surface area contributed by atoms with Crippen molar-refractivity contribution in [1.82, 2.24) is 0 Å². The molecule has 4 rings (SSSR count). The Kier molecular flexibility index (Phi) is 8.35. The molecule has 0 aromatic heterocycles. The molecule has 1 saturated carbocycles. The average molecular weight is 508 g/mol. The molecule has 1 aliphatic rings. The minimum atomic E-state index is -0.708. The number of hydrogen-bond acceptors (Lipinski definition) is 5. The maximum Gasteiger partial charge on any atom is 0.306 e. The van der Waals surface area contributed by atoms with E-state index in [0.29, 0.717) is 37.6 Å². The van der Waals surface area contributed by atoms with Crippen LogP contribution in [0.25, 0.3) is 0 Å². The van der Waals surface area contributed by atoms with Crippen LogP contribution in [0.1, 0.15) is 42.9 Å². The van der Waals surface area contributed by atoms with Crippen LogP contribution >= 0.6 is 11.6 Å². The van der Waals surface area contributed by atoms with E-state index >= 15 is 0 Å². The lowest BCUT2D eigenvalue weighted by molar-refractivity contribution is -0.279. The van der Waals surface area contributed by atoms with Gasteiger partial charge >= 0.3 is 5.97 Å². The lowest BCUT2D eigenvalue weighted by Gasteiger charge is -2.54. The highest BCUT2D eigenvalue weighted by atomic mass is 35.5. The normalized spacial score (nSPS) is 15.7. The Hall–Kier alpha value is -2.86. The lowest BCUT2D eigenvalue weighted by Crippen LogP contribution is -2.57. The molecule has 1 fully saturated rings. The summed E-state index contributed by atoms with van der Waals surface area (Å²) in [6.07, 6.45) is 1.38. The van der Waals surface area contributed by atoms with Gasteiger partial charge in [-0.1, -0.05) is 78.3 Å². The van der Waals surface area contributed by atoms with Crippen molar-refractivity contribution in [3.8, 4) is 0 Å². The first kappa shape index (κ1) is 26.2. The summed E-state index contributed by atoms with van der Waals surface area (Å²) in [7, 11) is 3.29. The second-order valence-electron chi connectivity index (χ2n) is 9.43. The summed E-state index contributed by atoms with van der Waals surface area (Å²) >= 11 is 6.82. The second kappa shape index (κ2) is 11.5. The summed E-state index contributed by atoms with van der Waals surface area (Å²) in [5.41, 5.74) is 3.89. The van der Waals surface area contributed by atoms with Crippen molar-refractivity contribution >= 4 is 23.3 Å². The van der Waals surface area contributed by atoms with Crippen LogP contribution in [0.5, 0.6) is 0 Å². The maximum absolute atomic E-state index is 12.6. The van der Waals surface area contributed by atoms with Crippen molar-refractivity contribution in [2.45, 2.75) is 50.5 Å². The quantitative estimate of drug-likeness (QED) is 0.218. The van der Waals surface area contributed by atoms with Crippen molar-refractivity contribution in [3.63, 3.8) is 0 Å². The highest BCUT2D eigenvalue weighted by molar-refractivity contribution is 6.33. The minimum absolute atomic E-state index is 0.222. The zero-order chi connectivity index (χ0) is 25.6. The van der Waals surface area contributed by atoms with Gasteiger partial charge in [-0.25, -0.2) is 0 Å². The Morgan fingerprint density at radius 2 is 1.44 bits per heavy atom.